The molecule has 0 unspecified atom stereocenters. The highest BCUT2D eigenvalue weighted by molar-refractivity contribution is 6.06. The summed E-state index contributed by atoms with van der Waals surface area (Å²) in [6.07, 6.45) is 2.04. The van der Waals surface area contributed by atoms with Crippen LogP contribution in [0, 0.1) is 12.7 Å². The van der Waals surface area contributed by atoms with Gasteiger partial charge in [0.2, 0.25) is 0 Å². The lowest BCUT2D eigenvalue weighted by molar-refractivity contribution is 0.0600. The molecule has 3 aromatic rings. The van der Waals surface area contributed by atoms with Crippen LogP contribution in [0.3, 0.4) is 0 Å². The van der Waals surface area contributed by atoms with E-state index >= 15 is 0 Å². The maximum Gasteiger partial charge on any atom is 0.337 e. The fourth-order valence-corrected chi connectivity index (χ4v) is 2.90. The average molecular weight is 381 g/mol. The Labute approximate surface area is 161 Å². The summed E-state index contributed by atoms with van der Waals surface area (Å²) in [6, 6.07) is 10.9. The molecule has 0 saturated carbocycles. The lowest BCUT2D eigenvalue weighted by Gasteiger charge is -2.11. The highest BCUT2D eigenvalue weighted by Crippen LogP contribution is 2.21. The third kappa shape index (κ3) is 3.78. The van der Waals surface area contributed by atoms with Crippen molar-refractivity contribution < 1.29 is 18.7 Å². The summed E-state index contributed by atoms with van der Waals surface area (Å²) in [5.74, 6) is -1.16. The van der Waals surface area contributed by atoms with E-state index < -0.39 is 5.97 Å². The minimum atomic E-state index is -0.478. The Morgan fingerprint density at radius 3 is 2.54 bits per heavy atom. The SMILES string of the molecule is CCc1c(C(=O)Nc2cc(C(=O)OC)ccc2C)cnn1-c1ccc(F)cc1. The van der Waals surface area contributed by atoms with Gasteiger partial charge in [-0.2, -0.15) is 5.10 Å². The summed E-state index contributed by atoms with van der Waals surface area (Å²) in [5.41, 5.74) is 3.46. The van der Waals surface area contributed by atoms with Crippen LogP contribution in [0.15, 0.2) is 48.7 Å². The van der Waals surface area contributed by atoms with Gasteiger partial charge in [-0.15, -0.1) is 0 Å². The number of aryl methyl sites for hydroxylation is 1. The quantitative estimate of drug-likeness (QED) is 0.680. The number of benzene rings is 2. The van der Waals surface area contributed by atoms with Crippen LogP contribution < -0.4 is 5.32 Å². The molecule has 0 saturated heterocycles. The molecule has 0 aliphatic heterocycles. The van der Waals surface area contributed by atoms with Crippen molar-refractivity contribution in [3.8, 4) is 5.69 Å². The number of carbonyl (C=O) groups is 2. The number of carbonyl (C=O) groups excluding carboxylic acids is 2. The number of hydrogen-bond donors (Lipinski definition) is 1. The van der Waals surface area contributed by atoms with Crippen molar-refractivity contribution in [3.05, 3.63) is 76.9 Å². The van der Waals surface area contributed by atoms with Gasteiger partial charge in [0.15, 0.2) is 0 Å². The summed E-state index contributed by atoms with van der Waals surface area (Å²) in [7, 11) is 1.30. The second-order valence-electron chi connectivity index (χ2n) is 6.22. The molecule has 0 spiro atoms. The van der Waals surface area contributed by atoms with Crippen LogP contribution in [-0.2, 0) is 11.2 Å². The Kier molecular flexibility index (Phi) is 5.54. The Morgan fingerprint density at radius 2 is 1.89 bits per heavy atom. The standard InChI is InChI=1S/C21H20FN3O3/c1-4-19-17(12-23-25(19)16-9-7-15(22)8-10-16)20(26)24-18-11-14(21(27)28-3)6-5-13(18)2/h5-12H,4H2,1-3H3,(H,24,26). The average Bonchev–Trinajstić information content (AvgIpc) is 3.13. The molecule has 1 amide bonds. The Balaban J connectivity index is 1.92. The first kappa shape index (κ1) is 19.3. The number of hydrogen-bond acceptors (Lipinski definition) is 4. The van der Waals surface area contributed by atoms with Crippen LogP contribution in [0.2, 0.25) is 0 Å². The van der Waals surface area contributed by atoms with Crippen LogP contribution >= 0.6 is 0 Å². The van der Waals surface area contributed by atoms with Crippen LogP contribution in [-0.4, -0.2) is 28.8 Å². The Morgan fingerprint density at radius 1 is 1.18 bits per heavy atom. The number of ether oxygens (including phenoxy) is 1. The summed E-state index contributed by atoms with van der Waals surface area (Å²) < 4.78 is 19.5. The number of rotatable bonds is 5. The molecule has 144 valence electrons. The number of esters is 1. The van der Waals surface area contributed by atoms with Crippen LogP contribution in [0.4, 0.5) is 10.1 Å². The summed E-state index contributed by atoms with van der Waals surface area (Å²) in [5, 5.41) is 7.12. The Hall–Kier alpha value is -3.48. The molecule has 7 heteroatoms. The maximum absolute atomic E-state index is 13.2. The monoisotopic (exact) mass is 381 g/mol. The van der Waals surface area contributed by atoms with Crippen LogP contribution in [0.25, 0.3) is 5.69 Å². The predicted molar refractivity (Wildman–Crippen MR) is 103 cm³/mol. The lowest BCUT2D eigenvalue weighted by Crippen LogP contribution is -2.15. The molecule has 0 aliphatic carbocycles. The zero-order valence-corrected chi connectivity index (χ0v) is 15.8. The van der Waals surface area contributed by atoms with E-state index in [9.17, 15) is 14.0 Å². The largest absolute Gasteiger partial charge is 0.465 e. The first-order valence-electron chi connectivity index (χ1n) is 8.77. The third-order valence-corrected chi connectivity index (χ3v) is 4.43. The van der Waals surface area contributed by atoms with E-state index in [0.29, 0.717) is 34.6 Å². The molecule has 3 rings (SSSR count). The summed E-state index contributed by atoms with van der Waals surface area (Å²) >= 11 is 0. The van der Waals surface area contributed by atoms with E-state index in [0.717, 1.165) is 5.56 Å². The second-order valence-corrected chi connectivity index (χ2v) is 6.22. The number of nitrogens with zero attached hydrogens (tertiary/aromatic N) is 2. The molecule has 6 nitrogen and oxygen atoms in total. The minimum Gasteiger partial charge on any atom is -0.465 e. The molecule has 2 aromatic carbocycles. The highest BCUT2D eigenvalue weighted by atomic mass is 19.1. The first-order valence-corrected chi connectivity index (χ1v) is 8.77. The molecule has 1 heterocycles. The molecule has 0 radical (unpaired) electrons. The molecule has 1 aromatic heterocycles. The van der Waals surface area contributed by atoms with Gasteiger partial charge in [0, 0.05) is 5.69 Å². The number of nitrogens with one attached hydrogen (secondary N) is 1. The fraction of sp³-hybridized carbons (Fsp3) is 0.190. The number of anilines is 1. The van der Waals surface area contributed by atoms with E-state index in [4.69, 9.17) is 4.74 Å². The summed E-state index contributed by atoms with van der Waals surface area (Å²) in [6.45, 7) is 3.75. The normalized spacial score (nSPS) is 10.6. The van der Waals surface area contributed by atoms with Crippen molar-refractivity contribution in [1.29, 1.82) is 0 Å². The van der Waals surface area contributed by atoms with Crippen LogP contribution in [0.5, 0.6) is 0 Å². The van der Waals surface area contributed by atoms with Gasteiger partial charge >= 0.3 is 5.97 Å². The van der Waals surface area contributed by atoms with Gasteiger partial charge in [-0.3, -0.25) is 4.79 Å². The fourth-order valence-electron chi connectivity index (χ4n) is 2.90. The zero-order valence-electron chi connectivity index (χ0n) is 15.8. The number of halogens is 1. The van der Waals surface area contributed by atoms with E-state index in [1.807, 2.05) is 13.8 Å². The zero-order chi connectivity index (χ0) is 20.3. The molecule has 0 aliphatic rings. The molecule has 0 atom stereocenters. The van der Waals surface area contributed by atoms with Gasteiger partial charge in [-0.05, 0) is 55.3 Å². The first-order chi connectivity index (χ1) is 13.4. The van der Waals surface area contributed by atoms with Crippen molar-refractivity contribution in [1.82, 2.24) is 9.78 Å². The van der Waals surface area contributed by atoms with Crippen molar-refractivity contribution in [2.24, 2.45) is 0 Å². The second kappa shape index (κ2) is 8.04. The van der Waals surface area contributed by atoms with Crippen molar-refractivity contribution in [2.45, 2.75) is 20.3 Å². The predicted octanol–water partition coefficient (Wildman–Crippen LogP) is 3.92. The number of methoxy groups -OCH3 is 1. The molecule has 28 heavy (non-hydrogen) atoms. The minimum absolute atomic E-state index is 0.338. The van der Waals surface area contributed by atoms with Gasteiger partial charge in [-0.25, -0.2) is 13.9 Å². The van der Waals surface area contributed by atoms with E-state index in [-0.39, 0.29) is 11.7 Å². The van der Waals surface area contributed by atoms with Gasteiger partial charge in [0.05, 0.1) is 35.8 Å². The van der Waals surface area contributed by atoms with E-state index in [1.54, 1.807) is 35.0 Å². The summed E-state index contributed by atoms with van der Waals surface area (Å²) in [4.78, 5) is 24.6. The molecule has 1 N–H and O–H groups in total. The molecular formula is C21H20FN3O3. The van der Waals surface area contributed by atoms with Gasteiger partial charge < -0.3 is 10.1 Å². The Bertz CT molecular complexity index is 1030. The maximum atomic E-state index is 13.2. The number of aromatic nitrogens is 2. The van der Waals surface area contributed by atoms with Crippen molar-refractivity contribution in [3.63, 3.8) is 0 Å². The smallest absolute Gasteiger partial charge is 0.337 e. The van der Waals surface area contributed by atoms with E-state index in [2.05, 4.69) is 10.4 Å². The molecular weight excluding hydrogens is 361 g/mol. The highest BCUT2D eigenvalue weighted by Gasteiger charge is 2.18. The molecule has 0 fully saturated rings. The van der Waals surface area contributed by atoms with Gasteiger partial charge in [-0.1, -0.05) is 13.0 Å². The lowest BCUT2D eigenvalue weighted by atomic mass is 10.1. The molecule has 0 bridgehead atoms. The van der Waals surface area contributed by atoms with Crippen LogP contribution in [0.1, 0.15) is 38.9 Å². The van der Waals surface area contributed by atoms with E-state index in [1.165, 1.54) is 25.4 Å². The van der Waals surface area contributed by atoms with Crippen molar-refractivity contribution >= 4 is 17.6 Å². The van der Waals surface area contributed by atoms with Gasteiger partial charge in [0.1, 0.15) is 5.82 Å². The third-order valence-electron chi connectivity index (χ3n) is 4.43. The van der Waals surface area contributed by atoms with Crippen molar-refractivity contribution in [2.75, 3.05) is 12.4 Å². The van der Waals surface area contributed by atoms with Gasteiger partial charge in [0.25, 0.3) is 5.91 Å². The topological polar surface area (TPSA) is 73.2 Å². The number of amides is 1.